The summed E-state index contributed by atoms with van der Waals surface area (Å²) in [5.74, 6) is -0.0411. The van der Waals surface area contributed by atoms with E-state index in [0.29, 0.717) is 24.3 Å². The number of likely N-dealkylation sites (tertiary alicyclic amines) is 1. The van der Waals surface area contributed by atoms with E-state index in [4.69, 9.17) is 5.73 Å². The largest absolute Gasteiger partial charge is 0.398 e. The molecule has 1 fully saturated rings. The van der Waals surface area contributed by atoms with Crippen molar-refractivity contribution < 1.29 is 9.90 Å². The minimum atomic E-state index is -0.682. The Hall–Kier alpha value is -1.55. The normalized spacial score (nSPS) is 17.4. The highest BCUT2D eigenvalue weighted by Crippen LogP contribution is 2.28. The lowest BCUT2D eigenvalue weighted by Gasteiger charge is -2.46. The van der Waals surface area contributed by atoms with Crippen molar-refractivity contribution in [2.24, 2.45) is 0 Å². The molecule has 1 heterocycles. The lowest BCUT2D eigenvalue weighted by molar-refractivity contribution is -0.0860. The summed E-state index contributed by atoms with van der Waals surface area (Å²) < 4.78 is 0. The molecule has 0 bridgehead atoms. The molecule has 0 saturated carbocycles. The predicted molar refractivity (Wildman–Crippen MR) is 71.4 cm³/mol. The van der Waals surface area contributed by atoms with Crippen molar-refractivity contribution in [3.63, 3.8) is 0 Å². The molecular formula is C14H20N2O2. The first-order chi connectivity index (χ1) is 8.47. The van der Waals surface area contributed by atoms with Crippen LogP contribution >= 0.6 is 0 Å². The monoisotopic (exact) mass is 248 g/mol. The standard InChI is InChI=1S/C14H20N2O2/c1-3-7-14(18)8-16(9-14)13(17)11-5-4-6-12(15)10(11)2/h4-6,18H,3,7-9,15H2,1-2H3. The minimum Gasteiger partial charge on any atom is -0.398 e. The number of carbonyl (C=O) groups is 1. The molecular weight excluding hydrogens is 228 g/mol. The van der Waals surface area contributed by atoms with Gasteiger partial charge in [-0.2, -0.15) is 0 Å². The third-order valence-electron chi connectivity index (χ3n) is 3.58. The van der Waals surface area contributed by atoms with Crippen molar-refractivity contribution in [3.05, 3.63) is 29.3 Å². The van der Waals surface area contributed by atoms with Gasteiger partial charge in [0.2, 0.25) is 0 Å². The van der Waals surface area contributed by atoms with Gasteiger partial charge in [0.05, 0.1) is 18.7 Å². The molecule has 4 heteroatoms. The highest BCUT2D eigenvalue weighted by molar-refractivity contribution is 5.97. The Balaban J connectivity index is 2.08. The first kappa shape index (κ1) is 12.9. The zero-order valence-electron chi connectivity index (χ0n) is 10.9. The average Bonchev–Trinajstić information content (AvgIpc) is 2.29. The van der Waals surface area contributed by atoms with E-state index < -0.39 is 5.60 Å². The van der Waals surface area contributed by atoms with Crippen LogP contribution in [0.15, 0.2) is 18.2 Å². The summed E-state index contributed by atoms with van der Waals surface area (Å²) in [4.78, 5) is 13.9. The number of nitrogen functional groups attached to an aromatic ring is 1. The highest BCUT2D eigenvalue weighted by Gasteiger charge is 2.43. The van der Waals surface area contributed by atoms with E-state index in [1.54, 1.807) is 23.1 Å². The molecule has 1 aromatic carbocycles. The molecule has 0 unspecified atom stereocenters. The van der Waals surface area contributed by atoms with Crippen LogP contribution in [0.4, 0.5) is 5.69 Å². The van der Waals surface area contributed by atoms with Gasteiger partial charge in [-0.1, -0.05) is 19.4 Å². The van der Waals surface area contributed by atoms with Gasteiger partial charge in [-0.3, -0.25) is 4.79 Å². The van der Waals surface area contributed by atoms with Crippen LogP contribution in [-0.4, -0.2) is 34.6 Å². The van der Waals surface area contributed by atoms with Crippen LogP contribution in [-0.2, 0) is 0 Å². The maximum Gasteiger partial charge on any atom is 0.254 e. The molecule has 0 aromatic heterocycles. The van der Waals surface area contributed by atoms with Crippen molar-refractivity contribution in [1.29, 1.82) is 0 Å². The van der Waals surface area contributed by atoms with Gasteiger partial charge >= 0.3 is 0 Å². The maximum atomic E-state index is 12.3. The Morgan fingerprint density at radius 3 is 2.78 bits per heavy atom. The smallest absolute Gasteiger partial charge is 0.254 e. The fourth-order valence-corrected chi connectivity index (χ4v) is 2.49. The fraction of sp³-hybridized carbons (Fsp3) is 0.500. The van der Waals surface area contributed by atoms with Crippen LogP contribution in [0.25, 0.3) is 0 Å². The van der Waals surface area contributed by atoms with Gasteiger partial charge in [0, 0.05) is 11.3 Å². The van der Waals surface area contributed by atoms with Crippen LogP contribution in [0.5, 0.6) is 0 Å². The van der Waals surface area contributed by atoms with E-state index in [0.717, 1.165) is 18.4 Å². The first-order valence-corrected chi connectivity index (χ1v) is 6.33. The summed E-state index contributed by atoms with van der Waals surface area (Å²) in [5, 5.41) is 10.1. The molecule has 1 aliphatic rings. The summed E-state index contributed by atoms with van der Waals surface area (Å²) in [6, 6.07) is 5.36. The van der Waals surface area contributed by atoms with Crippen LogP contribution in [0.2, 0.25) is 0 Å². The zero-order chi connectivity index (χ0) is 13.3. The van der Waals surface area contributed by atoms with Crippen LogP contribution in [0, 0.1) is 6.92 Å². The summed E-state index contributed by atoms with van der Waals surface area (Å²) in [5.41, 5.74) is 7.19. The predicted octanol–water partition coefficient (Wildman–Crippen LogP) is 1.56. The van der Waals surface area contributed by atoms with Gasteiger partial charge in [-0.05, 0) is 31.0 Å². The number of hydrogen-bond donors (Lipinski definition) is 2. The van der Waals surface area contributed by atoms with Gasteiger partial charge in [0.1, 0.15) is 0 Å². The Kier molecular flexibility index (Phi) is 3.30. The van der Waals surface area contributed by atoms with Gasteiger partial charge in [0.15, 0.2) is 0 Å². The van der Waals surface area contributed by atoms with Crippen molar-refractivity contribution >= 4 is 11.6 Å². The number of anilines is 1. The van der Waals surface area contributed by atoms with E-state index in [-0.39, 0.29) is 5.91 Å². The third-order valence-corrected chi connectivity index (χ3v) is 3.58. The van der Waals surface area contributed by atoms with Gasteiger partial charge in [-0.25, -0.2) is 0 Å². The zero-order valence-corrected chi connectivity index (χ0v) is 10.9. The van der Waals surface area contributed by atoms with E-state index in [1.165, 1.54) is 0 Å². The lowest BCUT2D eigenvalue weighted by Crippen LogP contribution is -2.63. The Morgan fingerprint density at radius 1 is 1.50 bits per heavy atom. The molecule has 2 rings (SSSR count). The first-order valence-electron chi connectivity index (χ1n) is 6.33. The summed E-state index contributed by atoms with van der Waals surface area (Å²) >= 11 is 0. The van der Waals surface area contributed by atoms with Crippen molar-refractivity contribution in [2.75, 3.05) is 18.8 Å². The van der Waals surface area contributed by atoms with Crippen molar-refractivity contribution in [1.82, 2.24) is 4.90 Å². The maximum absolute atomic E-state index is 12.3. The third kappa shape index (κ3) is 2.20. The molecule has 1 aliphatic heterocycles. The van der Waals surface area contributed by atoms with Crippen LogP contribution in [0.1, 0.15) is 35.7 Å². The van der Waals surface area contributed by atoms with Gasteiger partial charge in [-0.15, -0.1) is 0 Å². The topological polar surface area (TPSA) is 66.6 Å². The van der Waals surface area contributed by atoms with Crippen molar-refractivity contribution in [3.8, 4) is 0 Å². The van der Waals surface area contributed by atoms with Gasteiger partial charge < -0.3 is 15.7 Å². The van der Waals surface area contributed by atoms with Crippen LogP contribution in [0.3, 0.4) is 0 Å². The molecule has 0 spiro atoms. The second kappa shape index (κ2) is 4.61. The number of amides is 1. The summed E-state index contributed by atoms with van der Waals surface area (Å²) in [6.45, 7) is 4.73. The molecule has 1 saturated heterocycles. The van der Waals surface area contributed by atoms with E-state index in [9.17, 15) is 9.90 Å². The second-order valence-electron chi connectivity index (χ2n) is 5.16. The van der Waals surface area contributed by atoms with E-state index in [2.05, 4.69) is 0 Å². The molecule has 1 amide bonds. The number of nitrogens with zero attached hydrogens (tertiary/aromatic N) is 1. The minimum absolute atomic E-state index is 0.0411. The molecule has 3 N–H and O–H groups in total. The highest BCUT2D eigenvalue weighted by atomic mass is 16.3. The van der Waals surface area contributed by atoms with Gasteiger partial charge in [0.25, 0.3) is 5.91 Å². The quantitative estimate of drug-likeness (QED) is 0.798. The number of benzene rings is 1. The number of rotatable bonds is 3. The molecule has 1 aromatic rings. The molecule has 98 valence electrons. The fourth-order valence-electron chi connectivity index (χ4n) is 2.49. The number of hydrogen-bond acceptors (Lipinski definition) is 3. The van der Waals surface area contributed by atoms with E-state index in [1.807, 2.05) is 13.8 Å². The SMILES string of the molecule is CCCC1(O)CN(C(=O)c2cccc(N)c2C)C1. The average molecular weight is 248 g/mol. The molecule has 0 atom stereocenters. The van der Waals surface area contributed by atoms with Crippen molar-refractivity contribution in [2.45, 2.75) is 32.3 Å². The summed E-state index contributed by atoms with van der Waals surface area (Å²) in [7, 11) is 0. The molecule has 0 aliphatic carbocycles. The molecule has 4 nitrogen and oxygen atoms in total. The lowest BCUT2D eigenvalue weighted by atomic mass is 9.88. The number of aliphatic hydroxyl groups is 1. The van der Waals surface area contributed by atoms with E-state index >= 15 is 0 Å². The summed E-state index contributed by atoms with van der Waals surface area (Å²) in [6.07, 6.45) is 1.67. The second-order valence-corrected chi connectivity index (χ2v) is 5.16. The Labute approximate surface area is 107 Å². The number of nitrogens with two attached hydrogens (primary N) is 1. The number of carbonyl (C=O) groups excluding carboxylic acids is 1. The molecule has 0 radical (unpaired) electrons. The number of β-amino-alcohol motifs (C(OH)–C–C–N with tert-alkyl or cyclic N) is 1. The Bertz CT molecular complexity index is 465. The molecule has 18 heavy (non-hydrogen) atoms. The van der Waals surface area contributed by atoms with Crippen LogP contribution < -0.4 is 5.73 Å². The Morgan fingerprint density at radius 2 is 2.17 bits per heavy atom.